The highest BCUT2D eigenvalue weighted by atomic mass is 16.5. The van der Waals surface area contributed by atoms with E-state index >= 15 is 0 Å². The van der Waals surface area contributed by atoms with Crippen LogP contribution in [0.5, 0.6) is 0 Å². The molecule has 1 aromatic rings. The van der Waals surface area contributed by atoms with Gasteiger partial charge in [0.2, 0.25) is 0 Å². The average molecular weight is 385 g/mol. The smallest absolute Gasteiger partial charge is 0.0796 e. The fourth-order valence-corrected chi connectivity index (χ4v) is 4.02. The van der Waals surface area contributed by atoms with Gasteiger partial charge in [-0.25, -0.2) is 0 Å². The first-order chi connectivity index (χ1) is 13.3. The number of hydrogen-bond acceptors (Lipinski definition) is 4. The molecule has 28 heavy (non-hydrogen) atoms. The Kier molecular flexibility index (Phi) is 6.95. The van der Waals surface area contributed by atoms with Crippen molar-refractivity contribution in [3.8, 4) is 0 Å². The fourth-order valence-electron chi connectivity index (χ4n) is 4.02. The second-order valence-corrected chi connectivity index (χ2v) is 9.05. The van der Waals surface area contributed by atoms with Crippen molar-refractivity contribution in [1.82, 2.24) is 0 Å². The Hall–Kier alpha value is -1.65. The van der Waals surface area contributed by atoms with E-state index < -0.39 is 0 Å². The molecule has 0 aromatic heterocycles. The standard InChI is InChI=1S/C24H36N2O2/c1-17(18-7-11-21(25)12-8-18)27-16-4-15-24(2,3)28-23(19-5-6-19)20-9-13-22(26)14-10-20/h7-9,11-13,17,19-20,23,26H,4-6,10,14-16,25H2,1-3H3. The van der Waals surface area contributed by atoms with Crippen molar-refractivity contribution in [3.05, 3.63) is 42.0 Å². The molecule has 2 aliphatic carbocycles. The van der Waals surface area contributed by atoms with Gasteiger partial charge in [-0.3, -0.25) is 0 Å². The van der Waals surface area contributed by atoms with Crippen LogP contribution in [-0.2, 0) is 9.47 Å². The van der Waals surface area contributed by atoms with E-state index in [4.69, 9.17) is 20.6 Å². The highest BCUT2D eigenvalue weighted by Crippen LogP contribution is 2.42. The molecule has 1 saturated carbocycles. The van der Waals surface area contributed by atoms with Crippen LogP contribution in [0.15, 0.2) is 36.4 Å². The van der Waals surface area contributed by atoms with E-state index in [9.17, 15) is 0 Å². The van der Waals surface area contributed by atoms with E-state index in [2.05, 4.69) is 26.8 Å². The van der Waals surface area contributed by atoms with Crippen LogP contribution in [0.3, 0.4) is 0 Å². The summed E-state index contributed by atoms with van der Waals surface area (Å²) in [6.07, 6.45) is 11.0. The summed E-state index contributed by atoms with van der Waals surface area (Å²) in [4.78, 5) is 0. The Labute approximate surface area is 170 Å². The molecule has 0 amide bonds. The van der Waals surface area contributed by atoms with Crippen LogP contribution in [0.4, 0.5) is 5.69 Å². The van der Waals surface area contributed by atoms with E-state index in [1.165, 1.54) is 12.8 Å². The molecule has 0 aliphatic heterocycles. The summed E-state index contributed by atoms with van der Waals surface area (Å²) >= 11 is 0. The third-order valence-corrected chi connectivity index (χ3v) is 5.95. The van der Waals surface area contributed by atoms with E-state index in [0.717, 1.165) is 49.3 Å². The zero-order valence-corrected chi connectivity index (χ0v) is 17.6. The molecule has 0 spiro atoms. The van der Waals surface area contributed by atoms with E-state index in [1.54, 1.807) is 0 Å². The van der Waals surface area contributed by atoms with Crippen LogP contribution in [0.2, 0.25) is 0 Å². The maximum Gasteiger partial charge on any atom is 0.0796 e. The molecular weight excluding hydrogens is 348 g/mol. The molecule has 0 heterocycles. The van der Waals surface area contributed by atoms with Gasteiger partial charge in [0.05, 0.1) is 17.8 Å². The second-order valence-electron chi connectivity index (χ2n) is 9.05. The first kappa shape index (κ1) is 21.1. The van der Waals surface area contributed by atoms with E-state index in [-0.39, 0.29) is 11.7 Å². The first-order valence-electron chi connectivity index (χ1n) is 10.7. The third-order valence-electron chi connectivity index (χ3n) is 5.95. The summed E-state index contributed by atoms with van der Waals surface area (Å²) in [6, 6.07) is 7.91. The molecule has 3 atom stereocenters. The van der Waals surface area contributed by atoms with Crippen molar-refractivity contribution in [2.24, 2.45) is 11.8 Å². The van der Waals surface area contributed by atoms with Gasteiger partial charge in [0.25, 0.3) is 0 Å². The topological polar surface area (TPSA) is 68.3 Å². The van der Waals surface area contributed by atoms with Gasteiger partial charge in [-0.1, -0.05) is 18.2 Å². The maximum absolute atomic E-state index is 7.79. The number of nitrogens with one attached hydrogen (secondary N) is 1. The first-order valence-corrected chi connectivity index (χ1v) is 10.7. The number of nitrogen functional groups attached to an aromatic ring is 1. The quantitative estimate of drug-likeness (QED) is 0.402. The molecule has 4 heteroatoms. The summed E-state index contributed by atoms with van der Waals surface area (Å²) < 4.78 is 12.7. The lowest BCUT2D eigenvalue weighted by molar-refractivity contribution is -0.105. The number of hydrogen-bond donors (Lipinski definition) is 2. The van der Waals surface area contributed by atoms with Gasteiger partial charge in [0.15, 0.2) is 0 Å². The Morgan fingerprint density at radius 1 is 1.18 bits per heavy atom. The number of anilines is 1. The lowest BCUT2D eigenvalue weighted by Crippen LogP contribution is -2.37. The molecule has 1 aromatic carbocycles. The molecule has 3 rings (SSSR count). The Morgan fingerprint density at radius 2 is 1.89 bits per heavy atom. The molecular formula is C24H36N2O2. The van der Waals surface area contributed by atoms with Crippen LogP contribution < -0.4 is 5.73 Å². The largest absolute Gasteiger partial charge is 0.399 e. The fraction of sp³-hybridized carbons (Fsp3) is 0.625. The SMILES string of the molecule is CC(OCCCC(C)(C)OC(C1C=CC(=N)CC1)C1CC1)c1ccc(N)cc1. The van der Waals surface area contributed by atoms with Gasteiger partial charge in [0, 0.05) is 23.9 Å². The summed E-state index contributed by atoms with van der Waals surface area (Å²) in [6.45, 7) is 7.23. The Balaban J connectivity index is 1.44. The zero-order chi connectivity index (χ0) is 20.1. The van der Waals surface area contributed by atoms with Crippen molar-refractivity contribution < 1.29 is 9.47 Å². The number of ether oxygens (including phenoxy) is 2. The third kappa shape index (κ3) is 6.18. The Morgan fingerprint density at radius 3 is 2.50 bits per heavy atom. The molecule has 0 bridgehead atoms. The normalized spacial score (nSPS) is 22.2. The number of allylic oxidation sites excluding steroid dienone is 1. The highest BCUT2D eigenvalue weighted by molar-refractivity contribution is 5.92. The monoisotopic (exact) mass is 384 g/mol. The lowest BCUT2D eigenvalue weighted by Gasteiger charge is -2.35. The summed E-state index contributed by atoms with van der Waals surface area (Å²) in [5.74, 6) is 1.16. The van der Waals surface area contributed by atoms with Crippen molar-refractivity contribution in [3.63, 3.8) is 0 Å². The number of nitrogens with two attached hydrogens (primary N) is 1. The van der Waals surface area contributed by atoms with Crippen molar-refractivity contribution in [2.45, 2.75) is 77.1 Å². The van der Waals surface area contributed by atoms with Crippen LogP contribution in [0.25, 0.3) is 0 Å². The molecule has 1 fully saturated rings. The van der Waals surface area contributed by atoms with Gasteiger partial charge in [-0.05, 0) is 89.0 Å². The minimum atomic E-state index is -0.153. The van der Waals surface area contributed by atoms with Crippen LogP contribution in [0, 0.1) is 17.2 Å². The summed E-state index contributed by atoms with van der Waals surface area (Å²) in [5.41, 5.74) is 8.29. The Bertz CT molecular complexity index is 676. The van der Waals surface area contributed by atoms with Crippen molar-refractivity contribution in [1.29, 1.82) is 5.41 Å². The van der Waals surface area contributed by atoms with Gasteiger partial charge < -0.3 is 20.6 Å². The zero-order valence-electron chi connectivity index (χ0n) is 17.6. The maximum atomic E-state index is 7.79. The average Bonchev–Trinajstić information content (AvgIpc) is 3.50. The molecule has 3 unspecified atom stereocenters. The molecule has 0 radical (unpaired) electrons. The molecule has 3 N–H and O–H groups in total. The molecule has 2 aliphatic rings. The second kappa shape index (κ2) is 9.23. The van der Waals surface area contributed by atoms with E-state index in [0.29, 0.717) is 17.9 Å². The van der Waals surface area contributed by atoms with Gasteiger partial charge in [0.1, 0.15) is 0 Å². The van der Waals surface area contributed by atoms with Gasteiger partial charge >= 0.3 is 0 Å². The minimum absolute atomic E-state index is 0.0755. The molecule has 0 saturated heterocycles. The van der Waals surface area contributed by atoms with Crippen LogP contribution in [0.1, 0.15) is 71.0 Å². The van der Waals surface area contributed by atoms with Crippen molar-refractivity contribution >= 4 is 11.4 Å². The lowest BCUT2D eigenvalue weighted by atomic mass is 9.87. The van der Waals surface area contributed by atoms with Crippen LogP contribution in [-0.4, -0.2) is 24.0 Å². The number of rotatable bonds is 10. The van der Waals surface area contributed by atoms with Gasteiger partial charge in [-0.15, -0.1) is 0 Å². The predicted octanol–water partition coefficient (Wildman–Crippen LogP) is 5.69. The summed E-state index contributed by atoms with van der Waals surface area (Å²) in [5, 5.41) is 7.79. The highest BCUT2D eigenvalue weighted by Gasteiger charge is 2.40. The summed E-state index contributed by atoms with van der Waals surface area (Å²) in [7, 11) is 0. The van der Waals surface area contributed by atoms with Gasteiger partial charge in [-0.2, -0.15) is 0 Å². The molecule has 4 nitrogen and oxygen atoms in total. The number of benzene rings is 1. The predicted molar refractivity (Wildman–Crippen MR) is 116 cm³/mol. The van der Waals surface area contributed by atoms with Crippen molar-refractivity contribution in [2.75, 3.05) is 12.3 Å². The minimum Gasteiger partial charge on any atom is -0.399 e. The van der Waals surface area contributed by atoms with E-state index in [1.807, 2.05) is 30.3 Å². The van der Waals surface area contributed by atoms with Crippen LogP contribution >= 0.6 is 0 Å². The molecule has 154 valence electrons.